The number of rotatable bonds is 4. The third-order valence-electron chi connectivity index (χ3n) is 1.93. The fourth-order valence-corrected chi connectivity index (χ4v) is 1.34. The summed E-state index contributed by atoms with van der Waals surface area (Å²) in [4.78, 5) is 12.0. The van der Waals surface area contributed by atoms with Crippen molar-refractivity contribution in [3.05, 3.63) is 35.9 Å². The Morgan fingerprint density at radius 2 is 2.00 bits per heavy atom. The van der Waals surface area contributed by atoms with E-state index < -0.39 is 18.0 Å². The van der Waals surface area contributed by atoms with Crippen LogP contribution < -0.4 is 0 Å². The normalized spacial score (nSPS) is 11.1. The van der Waals surface area contributed by atoms with Gasteiger partial charge in [0.1, 0.15) is 13.2 Å². The fraction of sp³-hybridized carbons (Fsp3) is 0.364. The number of alkyl halides is 3. The molecule has 17 heavy (non-hydrogen) atoms. The van der Waals surface area contributed by atoms with Gasteiger partial charge in [-0.15, -0.1) is 0 Å². The number of hydrogen-bond acceptors (Lipinski definition) is 2. The Morgan fingerprint density at radius 1 is 1.41 bits per heavy atom. The zero-order valence-electron chi connectivity index (χ0n) is 9.20. The van der Waals surface area contributed by atoms with Gasteiger partial charge in [-0.1, -0.05) is 30.3 Å². The molecule has 1 aromatic carbocycles. The summed E-state index contributed by atoms with van der Waals surface area (Å²) in [6.45, 7) is -0.847. The van der Waals surface area contributed by atoms with Gasteiger partial charge in [0.05, 0.1) is 0 Å². The van der Waals surface area contributed by atoms with Crippen LogP contribution in [0.15, 0.2) is 30.3 Å². The maximum Gasteiger partial charge on any atom is 0.410 e. The molecule has 0 fully saturated rings. The molecule has 94 valence electrons. The summed E-state index contributed by atoms with van der Waals surface area (Å²) in [5.74, 6) is 0. The van der Waals surface area contributed by atoms with Crippen molar-refractivity contribution in [2.24, 2.45) is 0 Å². The highest BCUT2D eigenvalue weighted by Gasteiger charge is 2.29. The molecule has 0 radical (unpaired) electrons. The lowest BCUT2D eigenvalue weighted by molar-refractivity contribution is 0.0422. The molecule has 1 rings (SSSR count). The summed E-state index contributed by atoms with van der Waals surface area (Å²) in [5, 5.41) is -3.44. The van der Waals surface area contributed by atoms with Gasteiger partial charge in [-0.2, -0.15) is 8.78 Å². The van der Waals surface area contributed by atoms with Gasteiger partial charge in [0, 0.05) is 7.05 Å². The van der Waals surface area contributed by atoms with Crippen molar-refractivity contribution >= 4 is 17.7 Å². The van der Waals surface area contributed by atoms with Gasteiger partial charge < -0.3 is 9.64 Å². The van der Waals surface area contributed by atoms with E-state index in [1.165, 1.54) is 7.05 Å². The molecule has 1 amide bonds. The Hall–Kier alpha value is -1.36. The van der Waals surface area contributed by atoms with Crippen LogP contribution in [0.2, 0.25) is 0 Å². The predicted molar refractivity (Wildman–Crippen MR) is 60.1 cm³/mol. The molecule has 0 aliphatic carbocycles. The first kappa shape index (κ1) is 13.7. The topological polar surface area (TPSA) is 29.5 Å². The predicted octanol–water partition coefficient (Wildman–Crippen LogP) is 3.09. The highest BCUT2D eigenvalue weighted by molar-refractivity contribution is 6.21. The highest BCUT2D eigenvalue weighted by atomic mass is 35.5. The maximum absolute atomic E-state index is 12.4. The van der Waals surface area contributed by atoms with Crippen molar-refractivity contribution in [2.45, 2.75) is 12.0 Å². The van der Waals surface area contributed by atoms with Gasteiger partial charge in [-0.05, 0) is 17.2 Å². The van der Waals surface area contributed by atoms with E-state index in [4.69, 9.17) is 16.3 Å². The first-order chi connectivity index (χ1) is 7.88. The Kier molecular flexibility index (Phi) is 4.69. The molecule has 0 aliphatic rings. The van der Waals surface area contributed by atoms with Gasteiger partial charge in [0.25, 0.3) is 0 Å². The van der Waals surface area contributed by atoms with E-state index in [0.29, 0.717) is 0 Å². The Labute approximate surface area is 103 Å². The van der Waals surface area contributed by atoms with Crippen LogP contribution in [0.4, 0.5) is 13.6 Å². The van der Waals surface area contributed by atoms with Crippen LogP contribution in [0.5, 0.6) is 0 Å². The quantitative estimate of drug-likeness (QED) is 0.782. The monoisotopic (exact) mass is 263 g/mol. The molecule has 0 aromatic heterocycles. The molecule has 0 saturated heterocycles. The summed E-state index contributed by atoms with van der Waals surface area (Å²) in [6, 6.07) is 8.94. The third-order valence-corrected chi connectivity index (χ3v) is 2.05. The minimum atomic E-state index is -3.44. The van der Waals surface area contributed by atoms with Crippen LogP contribution in [0.1, 0.15) is 5.56 Å². The SMILES string of the molecule is CN(CC(F)(F)Cl)C(=O)OCc1ccccc1. The molecule has 0 spiro atoms. The number of nitrogens with zero attached hydrogens (tertiary/aromatic N) is 1. The summed E-state index contributed by atoms with van der Waals surface area (Å²) in [6.07, 6.45) is -0.839. The summed E-state index contributed by atoms with van der Waals surface area (Å²) in [7, 11) is 1.20. The average Bonchev–Trinajstić information content (AvgIpc) is 2.25. The zero-order valence-corrected chi connectivity index (χ0v) is 9.95. The van der Waals surface area contributed by atoms with Gasteiger partial charge >= 0.3 is 11.5 Å². The fourth-order valence-electron chi connectivity index (χ4n) is 1.16. The molecule has 0 bridgehead atoms. The van der Waals surface area contributed by atoms with Crippen LogP contribution >= 0.6 is 11.6 Å². The smallest absolute Gasteiger partial charge is 0.410 e. The van der Waals surface area contributed by atoms with Gasteiger partial charge in [0.15, 0.2) is 0 Å². The van der Waals surface area contributed by atoms with E-state index in [9.17, 15) is 13.6 Å². The van der Waals surface area contributed by atoms with Crippen molar-refractivity contribution in [3.8, 4) is 0 Å². The molecule has 3 nitrogen and oxygen atoms in total. The van der Waals surface area contributed by atoms with Gasteiger partial charge in [-0.3, -0.25) is 0 Å². The molecule has 1 aromatic rings. The molecule has 6 heteroatoms. The minimum absolute atomic E-state index is 0.0396. The summed E-state index contributed by atoms with van der Waals surface area (Å²) in [5.41, 5.74) is 0.784. The largest absolute Gasteiger partial charge is 0.445 e. The van der Waals surface area contributed by atoms with Crippen molar-refractivity contribution in [2.75, 3.05) is 13.6 Å². The van der Waals surface area contributed by atoms with Crippen LogP contribution in [0.3, 0.4) is 0 Å². The third kappa shape index (κ3) is 5.49. The Morgan fingerprint density at radius 3 is 2.53 bits per heavy atom. The second kappa shape index (κ2) is 5.82. The molecule has 0 atom stereocenters. The zero-order chi connectivity index (χ0) is 12.9. The molecule has 0 N–H and O–H groups in total. The van der Waals surface area contributed by atoms with E-state index in [0.717, 1.165) is 10.5 Å². The number of hydrogen-bond donors (Lipinski definition) is 0. The molecule has 0 saturated carbocycles. The number of amides is 1. The first-order valence-electron chi connectivity index (χ1n) is 4.87. The average molecular weight is 264 g/mol. The number of carbonyl (C=O) groups excluding carboxylic acids is 1. The molecule has 0 heterocycles. The maximum atomic E-state index is 12.4. The van der Waals surface area contributed by atoms with Crippen LogP contribution in [0, 0.1) is 0 Å². The van der Waals surface area contributed by atoms with Crippen LogP contribution in [-0.2, 0) is 11.3 Å². The van der Waals surface area contributed by atoms with E-state index in [1.807, 2.05) is 6.07 Å². The second-order valence-corrected chi connectivity index (χ2v) is 4.06. The van der Waals surface area contributed by atoms with Crippen LogP contribution in [-0.4, -0.2) is 30.0 Å². The standard InChI is InChI=1S/C11H12ClF2NO2/c1-15(8-11(12,13)14)10(16)17-7-9-5-3-2-4-6-9/h2-6H,7-8H2,1H3. The second-order valence-electron chi connectivity index (χ2n) is 3.51. The lowest BCUT2D eigenvalue weighted by Crippen LogP contribution is -2.35. The molecular weight excluding hydrogens is 252 g/mol. The van der Waals surface area contributed by atoms with E-state index in [2.05, 4.69) is 0 Å². The summed E-state index contributed by atoms with van der Waals surface area (Å²) >= 11 is 4.71. The Bertz CT molecular complexity index is 367. The Balaban J connectivity index is 2.40. The van der Waals surface area contributed by atoms with Crippen molar-refractivity contribution in [1.82, 2.24) is 4.90 Å². The number of ether oxygens (including phenoxy) is 1. The van der Waals surface area contributed by atoms with E-state index >= 15 is 0 Å². The number of carbonyl (C=O) groups is 1. The van der Waals surface area contributed by atoms with Crippen molar-refractivity contribution < 1.29 is 18.3 Å². The lowest BCUT2D eigenvalue weighted by atomic mass is 10.2. The number of benzene rings is 1. The van der Waals surface area contributed by atoms with E-state index in [1.54, 1.807) is 24.3 Å². The van der Waals surface area contributed by atoms with Crippen molar-refractivity contribution in [3.63, 3.8) is 0 Å². The van der Waals surface area contributed by atoms with Gasteiger partial charge in [0.2, 0.25) is 0 Å². The molecule has 0 aliphatic heterocycles. The molecular formula is C11H12ClF2NO2. The van der Waals surface area contributed by atoms with Gasteiger partial charge in [-0.25, -0.2) is 4.79 Å². The van der Waals surface area contributed by atoms with Crippen LogP contribution in [0.25, 0.3) is 0 Å². The van der Waals surface area contributed by atoms with Crippen molar-refractivity contribution in [1.29, 1.82) is 0 Å². The highest BCUT2D eigenvalue weighted by Crippen LogP contribution is 2.19. The lowest BCUT2D eigenvalue weighted by Gasteiger charge is -2.19. The minimum Gasteiger partial charge on any atom is -0.445 e. The first-order valence-corrected chi connectivity index (χ1v) is 5.25. The molecule has 0 unspecified atom stereocenters. The summed E-state index contributed by atoms with van der Waals surface area (Å²) < 4.78 is 29.7. The number of halogens is 3. The van der Waals surface area contributed by atoms with E-state index in [-0.39, 0.29) is 6.61 Å².